The van der Waals surface area contributed by atoms with E-state index in [4.69, 9.17) is 44.5 Å². The molecule has 0 fully saturated rings. The molecule has 2 aliphatic heterocycles. The number of ether oxygens (including phenoxy) is 1. The van der Waals surface area contributed by atoms with E-state index >= 15 is 0 Å². The fraction of sp³-hybridized carbons (Fsp3) is 0.216. The number of nitrogens with zero attached hydrogens (tertiary/aromatic N) is 4. The average molecular weight is 1060 g/mol. The van der Waals surface area contributed by atoms with Gasteiger partial charge in [-0.1, -0.05) is 100.0 Å². The zero-order chi connectivity index (χ0) is 42.8. The van der Waals surface area contributed by atoms with Crippen LogP contribution in [0, 0.1) is 13.8 Å². The van der Waals surface area contributed by atoms with E-state index in [0.717, 1.165) is 37.2 Å². The van der Waals surface area contributed by atoms with Gasteiger partial charge in [-0.3, -0.25) is 24.8 Å². The van der Waals surface area contributed by atoms with E-state index in [1.807, 2.05) is 127 Å². The second-order valence-electron chi connectivity index (χ2n) is 11.3. The Morgan fingerprint density at radius 1 is 0.817 bits per heavy atom. The van der Waals surface area contributed by atoms with Crippen LogP contribution in [0.3, 0.4) is 0 Å². The maximum atomic E-state index is 10.7. The van der Waals surface area contributed by atoms with Crippen molar-refractivity contribution < 1.29 is 155 Å². The molecule has 4 aromatic carbocycles. The Hall–Kier alpha value is -1.27. The van der Waals surface area contributed by atoms with Crippen molar-refractivity contribution in [2.75, 3.05) is 26.8 Å². The number of alkyl halides is 4. The molecule has 2 heterocycles. The summed E-state index contributed by atoms with van der Waals surface area (Å²) < 4.78 is 66.8. The molecule has 0 aliphatic carbocycles. The van der Waals surface area contributed by atoms with E-state index in [1.54, 1.807) is 6.07 Å². The third-order valence-electron chi connectivity index (χ3n) is 7.08. The van der Waals surface area contributed by atoms with Crippen molar-refractivity contribution in [1.29, 1.82) is 0 Å². The van der Waals surface area contributed by atoms with Crippen molar-refractivity contribution in [3.8, 4) is 11.5 Å². The summed E-state index contributed by atoms with van der Waals surface area (Å²) >= 11 is 12.5. The largest absolute Gasteiger partial charge is 1.00 e. The second-order valence-corrected chi connectivity index (χ2v) is 14.8. The molecule has 2 aliphatic rings. The molecule has 0 amide bonds. The van der Waals surface area contributed by atoms with E-state index in [1.165, 1.54) is 11.1 Å². The van der Waals surface area contributed by atoms with Crippen molar-refractivity contribution >= 4 is 71.4 Å². The molecule has 0 saturated heterocycles. The number of benzene rings is 4. The molecule has 6 rings (SSSR count). The summed E-state index contributed by atoms with van der Waals surface area (Å²) in [6, 6.07) is 32.2. The minimum Gasteiger partial charge on any atom is -1.00 e. The van der Waals surface area contributed by atoms with Gasteiger partial charge in [0.2, 0.25) is 0 Å². The van der Waals surface area contributed by atoms with Crippen LogP contribution >= 0.6 is 43.5 Å². The average Bonchev–Trinajstić information content (AvgIpc) is 3.75. The van der Waals surface area contributed by atoms with Crippen LogP contribution in [-0.2, 0) is 19.8 Å². The molecule has 0 radical (unpaired) electrons. The van der Waals surface area contributed by atoms with Crippen molar-refractivity contribution in [2.24, 2.45) is 0 Å². The van der Waals surface area contributed by atoms with Gasteiger partial charge in [-0.05, 0) is 61.4 Å². The first kappa shape index (κ1) is 60.8. The predicted octanol–water partition coefficient (Wildman–Crippen LogP) is 1.31. The quantitative estimate of drug-likeness (QED) is 0.0354. The van der Waals surface area contributed by atoms with Gasteiger partial charge in [0.15, 0.2) is 16.8 Å². The maximum Gasteiger partial charge on any atom is 1.00 e. The van der Waals surface area contributed by atoms with Crippen LogP contribution < -0.4 is 124 Å². The van der Waals surface area contributed by atoms with Gasteiger partial charge in [-0.25, -0.2) is 8.42 Å². The molecule has 4 aromatic rings. The van der Waals surface area contributed by atoms with Gasteiger partial charge in [0.1, 0.15) is 17.5 Å². The van der Waals surface area contributed by atoms with Gasteiger partial charge in [0, 0.05) is 46.6 Å². The van der Waals surface area contributed by atoms with Crippen LogP contribution in [0.15, 0.2) is 118 Å². The van der Waals surface area contributed by atoms with Crippen LogP contribution in [0.2, 0.25) is 0 Å². The number of carbonyl (C=O) groups is 1. The van der Waals surface area contributed by atoms with E-state index in [9.17, 15) is 13.2 Å². The summed E-state index contributed by atoms with van der Waals surface area (Å²) in [5.41, 5.74) is 7.26. The Morgan fingerprint density at radius 3 is 1.57 bits per heavy atom. The van der Waals surface area contributed by atoms with Crippen LogP contribution in [0.1, 0.15) is 31.1 Å². The second kappa shape index (κ2) is 30.8. The smallest absolute Gasteiger partial charge is 1.00 e. The van der Waals surface area contributed by atoms with Gasteiger partial charge in [0.05, 0.1) is 11.4 Å². The first-order valence-corrected chi connectivity index (χ1v) is 19.6. The molecule has 0 aromatic heterocycles. The van der Waals surface area contributed by atoms with E-state index in [-0.39, 0.29) is 118 Å². The number of aromatic hydroxyl groups is 1. The number of aryl methyl sites for hydroxylation is 2. The molecule has 0 spiro atoms. The molecule has 0 unspecified atom stereocenters. The summed E-state index contributed by atoms with van der Waals surface area (Å²) in [6.07, 6.45) is 4.03. The van der Waals surface area contributed by atoms with Gasteiger partial charge < -0.3 is 26.0 Å². The number of halogens is 6. The molecule has 23 heteroatoms. The fourth-order valence-electron chi connectivity index (χ4n) is 4.43. The van der Waals surface area contributed by atoms with Gasteiger partial charge in [0.25, 0.3) is 6.47 Å². The molecule has 320 valence electrons. The van der Waals surface area contributed by atoms with E-state index in [0.29, 0.717) is 18.5 Å². The predicted molar refractivity (Wildman–Crippen MR) is 221 cm³/mol. The normalized spacial score (nSPS) is 12.6. The van der Waals surface area contributed by atoms with Gasteiger partial charge in [-0.2, -0.15) is 13.2 Å². The Bertz CT molecular complexity index is 2060. The Morgan fingerprint density at radius 2 is 1.22 bits per heavy atom. The van der Waals surface area contributed by atoms with Crippen LogP contribution in [-0.4, -0.2) is 76.9 Å². The van der Waals surface area contributed by atoms with Gasteiger partial charge in [-0.15, -0.1) is 22.7 Å². The summed E-state index contributed by atoms with van der Waals surface area (Å²) in [5.74, 6) is 1.23. The molecule has 0 bridgehead atoms. The Balaban J connectivity index is -0.000000750. The number of phenols is 1. The number of nitrogens with one attached hydrogen (secondary N) is 2. The summed E-state index contributed by atoms with van der Waals surface area (Å²) in [5, 5.41) is 25.1. The molecular weight excluding hydrogens is 1020 g/mol. The number of phenolic OH excluding ortho intramolecular Hbond substituents is 1. The number of hydrogen-bond acceptors (Lipinski definition) is 14. The van der Waals surface area contributed by atoms with Crippen LogP contribution in [0.4, 0.5) is 13.2 Å². The van der Waals surface area contributed by atoms with E-state index in [2.05, 4.69) is 72.1 Å². The number of carbonyl (C=O) groups excluding carboxylic acids is 1. The molecule has 0 saturated carbocycles. The SMILES string of the molecule is C.CN1NN(CCl)C=C1c1ccccc1.Cc1cc(Br)ccc1O.Cc1cc(Br)ccc1OCN1C=C(c2ccccc2)N(C)N1.O=CO[O-].O=S(=O)([O-])C(F)(F)F.[H-].[K+].[K+]. The molecule has 14 nitrogen and oxygen atoms in total. The third-order valence-corrected chi connectivity index (χ3v) is 8.89. The van der Waals surface area contributed by atoms with Gasteiger partial charge >= 0.3 is 108 Å². The summed E-state index contributed by atoms with van der Waals surface area (Å²) in [6.45, 7) is 4.15. The zero-order valence-corrected chi connectivity index (χ0v) is 43.6. The van der Waals surface area contributed by atoms with Crippen molar-refractivity contribution in [3.63, 3.8) is 0 Å². The molecule has 3 N–H and O–H groups in total. The van der Waals surface area contributed by atoms with Crippen molar-refractivity contribution in [1.82, 2.24) is 31.1 Å². The Kier molecular flexibility index (Phi) is 31.2. The molecule has 0 atom stereocenters. The van der Waals surface area contributed by atoms with Crippen LogP contribution in [0.25, 0.3) is 11.4 Å². The minimum atomic E-state index is -6.09. The maximum absolute atomic E-state index is 10.7. The fourth-order valence-corrected chi connectivity index (χ4v) is 5.51. The Labute approximate surface area is 456 Å². The first-order chi connectivity index (χ1) is 26.8. The first-order valence-electron chi connectivity index (χ1n) is 16.0. The monoisotopic (exact) mass is 1060 g/mol. The van der Waals surface area contributed by atoms with Crippen molar-refractivity contribution in [2.45, 2.75) is 26.8 Å². The number of rotatable bonds is 7. The third kappa shape index (κ3) is 21.9. The summed E-state index contributed by atoms with van der Waals surface area (Å²) in [7, 11) is -2.14. The summed E-state index contributed by atoms with van der Waals surface area (Å²) in [4.78, 5) is 11.2. The van der Waals surface area contributed by atoms with Crippen LogP contribution in [0.5, 0.6) is 11.5 Å². The zero-order valence-electron chi connectivity index (χ0n) is 33.7. The molecular formula is C37H43Br2ClF3K2N6O8S-. The van der Waals surface area contributed by atoms with E-state index < -0.39 is 15.6 Å². The minimum absolute atomic E-state index is 0. The topological polar surface area (TPSA) is 173 Å². The molecule has 60 heavy (non-hydrogen) atoms. The number of hydrogen-bond donors (Lipinski definition) is 3. The van der Waals surface area contributed by atoms with Crippen molar-refractivity contribution in [3.05, 3.63) is 141 Å². The standard InChI is InChI=1S/C17H18BrN3O.C10H12ClN3.C7H7BrO.CHF3O3S.CH2O3.CH4.2K.H/c1-13-10-15(18)8-9-17(13)22-12-21-11-16(20(2)19-21)14-6-4-3-5-7-14;1-13-10(7-14(8-11)12-13)9-5-3-2-4-6-9;1-5-4-6(8)2-3-7(5)9;2-1(3,4)8(5,6)7;2-1-4-3;;;;/h3-11,19H,12H2,1-2H3;2-7,12H,8H2,1H3;2-4,9H,1H3;(H,5,6,7);1,3H;1H4;;;/q;;;;;;2*+1;-1/p-2. The number of hydrazine groups is 4.